The van der Waals surface area contributed by atoms with Gasteiger partial charge in [-0.25, -0.2) is 13.2 Å². The van der Waals surface area contributed by atoms with E-state index in [0.29, 0.717) is 22.6 Å². The first-order valence-corrected chi connectivity index (χ1v) is 10.7. The monoisotopic (exact) mass is 436 g/mol. The average molecular weight is 436 g/mol. The van der Waals surface area contributed by atoms with Crippen LogP contribution in [0.25, 0.3) is 0 Å². The molecule has 7 nitrogen and oxygen atoms in total. The zero-order valence-corrected chi connectivity index (χ0v) is 17.8. The summed E-state index contributed by atoms with van der Waals surface area (Å²) in [6, 6.07) is 21.1. The molecule has 0 atom stereocenters. The normalized spacial score (nSPS) is 10.7. The predicted molar refractivity (Wildman–Crippen MR) is 115 cm³/mol. The van der Waals surface area contributed by atoms with Crippen LogP contribution in [-0.2, 0) is 21.4 Å². The highest BCUT2D eigenvalue weighted by Gasteiger charge is 2.24. The third kappa shape index (κ3) is 4.68. The van der Waals surface area contributed by atoms with E-state index in [1.165, 1.54) is 38.4 Å². The lowest BCUT2D eigenvalue weighted by molar-refractivity contribution is 0.0472. The zero-order valence-electron chi connectivity index (χ0n) is 17.0. The number of hydrogen-bond acceptors (Lipinski definition) is 6. The fourth-order valence-electron chi connectivity index (χ4n) is 2.92. The Morgan fingerprint density at radius 2 is 1.65 bits per heavy atom. The molecule has 0 aromatic heterocycles. The Hall–Kier alpha value is -3.83. The molecule has 0 saturated heterocycles. The first-order valence-electron chi connectivity index (χ1n) is 9.25. The maximum Gasteiger partial charge on any atom is 0.338 e. The highest BCUT2D eigenvalue weighted by molar-refractivity contribution is 7.92. The van der Waals surface area contributed by atoms with Crippen LogP contribution in [0, 0.1) is 11.3 Å². The molecule has 0 N–H and O–H groups in total. The molecular weight excluding hydrogens is 416 g/mol. The van der Waals surface area contributed by atoms with E-state index < -0.39 is 16.0 Å². The van der Waals surface area contributed by atoms with E-state index in [9.17, 15) is 13.2 Å². The molecule has 3 rings (SSSR count). The summed E-state index contributed by atoms with van der Waals surface area (Å²) < 4.78 is 37.6. The summed E-state index contributed by atoms with van der Waals surface area (Å²) in [6.45, 7) is -0.0564. The lowest BCUT2D eigenvalue weighted by Gasteiger charge is -2.21. The number of ether oxygens (including phenoxy) is 2. The average Bonchev–Trinajstić information content (AvgIpc) is 2.82. The summed E-state index contributed by atoms with van der Waals surface area (Å²) in [5.74, 6) is -0.193. The Morgan fingerprint density at radius 1 is 1.00 bits per heavy atom. The number of carbonyl (C=O) groups excluding carboxylic acids is 1. The standard InChI is InChI=1S/C23H20N2O5S/c1-25(21-9-5-6-10-22(21)29-2)31(27,28)20-13-11-17(12-14-20)23(26)30-16-19-8-4-3-7-18(19)15-24/h3-14H,16H2,1-2H3. The molecule has 158 valence electrons. The SMILES string of the molecule is COc1ccccc1N(C)S(=O)(=O)c1ccc(C(=O)OCc2ccccc2C#N)cc1. The van der Waals surface area contributed by atoms with Crippen LogP contribution >= 0.6 is 0 Å². The van der Waals surface area contributed by atoms with Gasteiger partial charge in [-0.2, -0.15) is 5.26 Å². The van der Waals surface area contributed by atoms with E-state index in [4.69, 9.17) is 14.7 Å². The molecule has 0 aliphatic heterocycles. The minimum atomic E-state index is -3.87. The molecule has 0 radical (unpaired) electrons. The van der Waals surface area contributed by atoms with Crippen LogP contribution in [0.3, 0.4) is 0 Å². The van der Waals surface area contributed by atoms with Crippen molar-refractivity contribution in [3.63, 3.8) is 0 Å². The van der Waals surface area contributed by atoms with Gasteiger partial charge in [-0.05, 0) is 42.5 Å². The van der Waals surface area contributed by atoms with Crippen molar-refractivity contribution in [1.29, 1.82) is 5.26 Å². The van der Waals surface area contributed by atoms with Crippen molar-refractivity contribution in [2.45, 2.75) is 11.5 Å². The Labute approximate surface area is 181 Å². The van der Waals surface area contributed by atoms with Crippen molar-refractivity contribution in [3.05, 3.63) is 89.5 Å². The first-order chi connectivity index (χ1) is 14.9. The van der Waals surface area contributed by atoms with Crippen molar-refractivity contribution in [1.82, 2.24) is 0 Å². The van der Waals surface area contributed by atoms with Crippen LogP contribution in [0.1, 0.15) is 21.5 Å². The fraction of sp³-hybridized carbons (Fsp3) is 0.130. The second kappa shape index (κ2) is 9.32. The number of anilines is 1. The second-order valence-corrected chi connectivity index (χ2v) is 8.48. The van der Waals surface area contributed by atoms with Gasteiger partial charge in [0.2, 0.25) is 0 Å². The van der Waals surface area contributed by atoms with Gasteiger partial charge < -0.3 is 9.47 Å². The number of methoxy groups -OCH3 is 1. The minimum Gasteiger partial charge on any atom is -0.495 e. The highest BCUT2D eigenvalue weighted by atomic mass is 32.2. The molecule has 8 heteroatoms. The molecule has 0 amide bonds. The lowest BCUT2D eigenvalue weighted by atomic mass is 10.1. The maximum atomic E-state index is 13.0. The van der Waals surface area contributed by atoms with E-state index in [1.807, 2.05) is 6.07 Å². The van der Waals surface area contributed by atoms with Gasteiger partial charge in [0, 0.05) is 12.6 Å². The third-order valence-electron chi connectivity index (χ3n) is 4.67. The number of hydrogen-bond donors (Lipinski definition) is 0. The fourth-order valence-corrected chi connectivity index (χ4v) is 4.13. The summed E-state index contributed by atoms with van der Waals surface area (Å²) >= 11 is 0. The number of carbonyl (C=O) groups is 1. The van der Waals surface area contributed by atoms with E-state index in [2.05, 4.69) is 0 Å². The Morgan fingerprint density at radius 3 is 2.32 bits per heavy atom. The van der Waals surface area contributed by atoms with Gasteiger partial charge in [-0.1, -0.05) is 30.3 Å². The van der Waals surface area contributed by atoms with E-state index in [0.717, 1.165) is 4.31 Å². The number of sulfonamides is 1. The molecule has 3 aromatic carbocycles. The van der Waals surface area contributed by atoms with Crippen molar-refractivity contribution in [2.75, 3.05) is 18.5 Å². The molecule has 31 heavy (non-hydrogen) atoms. The quantitative estimate of drug-likeness (QED) is 0.524. The van der Waals surface area contributed by atoms with Gasteiger partial charge in [-0.3, -0.25) is 4.31 Å². The number of esters is 1. The summed E-state index contributed by atoms with van der Waals surface area (Å²) in [5, 5.41) is 9.11. The van der Waals surface area contributed by atoms with Crippen molar-refractivity contribution < 1.29 is 22.7 Å². The molecule has 0 bridgehead atoms. The van der Waals surface area contributed by atoms with Crippen LogP contribution in [0.4, 0.5) is 5.69 Å². The summed E-state index contributed by atoms with van der Waals surface area (Å²) in [7, 11) is -0.967. The lowest BCUT2D eigenvalue weighted by Crippen LogP contribution is -2.27. The Balaban J connectivity index is 1.76. The molecule has 0 unspecified atom stereocenters. The van der Waals surface area contributed by atoms with Crippen LogP contribution in [0.15, 0.2) is 77.7 Å². The molecule has 3 aromatic rings. The number of rotatable bonds is 7. The number of para-hydroxylation sites is 2. The van der Waals surface area contributed by atoms with Crippen molar-refractivity contribution in [2.24, 2.45) is 0 Å². The van der Waals surface area contributed by atoms with Gasteiger partial charge in [0.15, 0.2) is 0 Å². The second-order valence-electron chi connectivity index (χ2n) is 6.51. The van der Waals surface area contributed by atoms with Crippen LogP contribution < -0.4 is 9.04 Å². The highest BCUT2D eigenvalue weighted by Crippen LogP contribution is 2.30. The first kappa shape index (κ1) is 21.9. The maximum absolute atomic E-state index is 13.0. The molecule has 0 saturated carbocycles. The molecule has 0 aliphatic carbocycles. The zero-order chi connectivity index (χ0) is 22.4. The molecule has 0 spiro atoms. The number of benzene rings is 3. The summed E-state index contributed by atoms with van der Waals surface area (Å²) in [6.07, 6.45) is 0. The minimum absolute atomic E-state index is 0.0206. The van der Waals surface area contributed by atoms with Crippen molar-refractivity contribution in [3.8, 4) is 11.8 Å². The summed E-state index contributed by atoms with van der Waals surface area (Å²) in [5.41, 5.74) is 1.62. The Kier molecular flexibility index (Phi) is 6.58. The summed E-state index contributed by atoms with van der Waals surface area (Å²) in [4.78, 5) is 12.4. The largest absolute Gasteiger partial charge is 0.495 e. The van der Waals surface area contributed by atoms with Crippen LogP contribution in [0.5, 0.6) is 5.75 Å². The molecule has 0 heterocycles. The molecule has 0 fully saturated rings. The third-order valence-corrected chi connectivity index (χ3v) is 6.46. The Bertz CT molecular complexity index is 1230. The van der Waals surface area contributed by atoms with Gasteiger partial charge in [0.1, 0.15) is 12.4 Å². The van der Waals surface area contributed by atoms with E-state index in [-0.39, 0.29) is 17.1 Å². The molecule has 0 aliphatic rings. The predicted octanol–water partition coefficient (Wildman–Crippen LogP) is 3.75. The van der Waals surface area contributed by atoms with E-state index in [1.54, 1.807) is 48.5 Å². The smallest absolute Gasteiger partial charge is 0.338 e. The van der Waals surface area contributed by atoms with Crippen LogP contribution in [-0.4, -0.2) is 28.5 Å². The number of nitriles is 1. The number of nitrogens with zero attached hydrogens (tertiary/aromatic N) is 2. The van der Waals surface area contributed by atoms with Gasteiger partial charge >= 0.3 is 5.97 Å². The van der Waals surface area contributed by atoms with Gasteiger partial charge in [0.05, 0.1) is 34.9 Å². The molecular formula is C23H20N2O5S. The van der Waals surface area contributed by atoms with Crippen molar-refractivity contribution >= 4 is 21.7 Å². The van der Waals surface area contributed by atoms with Gasteiger partial charge in [-0.15, -0.1) is 0 Å². The topological polar surface area (TPSA) is 96.7 Å². The van der Waals surface area contributed by atoms with Gasteiger partial charge in [0.25, 0.3) is 10.0 Å². The van der Waals surface area contributed by atoms with E-state index >= 15 is 0 Å². The van der Waals surface area contributed by atoms with Crippen LogP contribution in [0.2, 0.25) is 0 Å².